The first-order valence-electron chi connectivity index (χ1n) is 5.50. The summed E-state index contributed by atoms with van der Waals surface area (Å²) < 4.78 is 0. The van der Waals surface area contributed by atoms with Gasteiger partial charge in [-0.2, -0.15) is 0 Å². The summed E-state index contributed by atoms with van der Waals surface area (Å²) in [6, 6.07) is 0.439. The molecule has 86 valence electrons. The molecule has 0 radical (unpaired) electrons. The molecule has 0 spiro atoms. The monoisotopic (exact) mass is 203 g/mol. The molecular formula is C11H25NO2. The summed E-state index contributed by atoms with van der Waals surface area (Å²) in [4.78, 5) is 2.18. The molecule has 3 nitrogen and oxygen atoms in total. The van der Waals surface area contributed by atoms with Gasteiger partial charge in [0.2, 0.25) is 0 Å². The van der Waals surface area contributed by atoms with Crippen LogP contribution in [-0.2, 0) is 0 Å². The number of nitrogens with zero attached hydrogens (tertiary/aromatic N) is 1. The fourth-order valence-corrected chi connectivity index (χ4v) is 2.28. The molecule has 0 aromatic carbocycles. The molecule has 0 saturated carbocycles. The van der Waals surface area contributed by atoms with Gasteiger partial charge in [0, 0.05) is 19.1 Å². The van der Waals surface area contributed by atoms with E-state index in [1.165, 1.54) is 0 Å². The summed E-state index contributed by atoms with van der Waals surface area (Å²) in [5.74, 6) is 1.10. The van der Waals surface area contributed by atoms with Crippen LogP contribution in [-0.4, -0.2) is 47.5 Å². The predicted molar refractivity (Wildman–Crippen MR) is 59.2 cm³/mol. The highest BCUT2D eigenvalue weighted by Gasteiger charge is 2.23. The normalized spacial score (nSPS) is 12.4. The molecule has 3 heteroatoms. The molecule has 2 N–H and O–H groups in total. The molecule has 0 fully saturated rings. The third-order valence-electron chi connectivity index (χ3n) is 2.56. The average molecular weight is 203 g/mol. The Morgan fingerprint density at radius 3 is 1.43 bits per heavy atom. The van der Waals surface area contributed by atoms with Crippen LogP contribution in [0.2, 0.25) is 0 Å². The average Bonchev–Trinajstić information content (AvgIpc) is 2.03. The highest BCUT2D eigenvalue weighted by Crippen LogP contribution is 2.18. The van der Waals surface area contributed by atoms with Crippen LogP contribution < -0.4 is 0 Å². The van der Waals surface area contributed by atoms with Crippen molar-refractivity contribution < 1.29 is 10.2 Å². The minimum atomic E-state index is 0.163. The van der Waals surface area contributed by atoms with Crippen LogP contribution in [0.5, 0.6) is 0 Å². The van der Waals surface area contributed by atoms with Crippen LogP contribution in [0.1, 0.15) is 27.7 Å². The summed E-state index contributed by atoms with van der Waals surface area (Å²) in [6.07, 6.45) is 0. The van der Waals surface area contributed by atoms with E-state index in [0.717, 1.165) is 0 Å². The van der Waals surface area contributed by atoms with Gasteiger partial charge in [-0.05, 0) is 11.8 Å². The van der Waals surface area contributed by atoms with Crippen molar-refractivity contribution in [3.05, 3.63) is 0 Å². The highest BCUT2D eigenvalue weighted by atomic mass is 16.3. The zero-order valence-corrected chi connectivity index (χ0v) is 9.90. The molecule has 0 heterocycles. The first-order valence-corrected chi connectivity index (χ1v) is 5.50. The van der Waals surface area contributed by atoms with Crippen molar-refractivity contribution in [2.75, 3.05) is 26.3 Å². The van der Waals surface area contributed by atoms with E-state index < -0.39 is 0 Å². The summed E-state index contributed by atoms with van der Waals surface area (Å²) in [5, 5.41) is 17.9. The number of hydrogen-bond donors (Lipinski definition) is 2. The summed E-state index contributed by atoms with van der Waals surface area (Å²) in [6.45, 7) is 10.4. The quantitative estimate of drug-likeness (QED) is 0.647. The van der Waals surface area contributed by atoms with E-state index in [1.54, 1.807) is 0 Å². The van der Waals surface area contributed by atoms with E-state index in [9.17, 15) is 0 Å². The zero-order valence-electron chi connectivity index (χ0n) is 9.90. The first kappa shape index (κ1) is 13.9. The molecule has 0 aliphatic rings. The molecule has 0 aliphatic heterocycles. The lowest BCUT2D eigenvalue weighted by atomic mass is 9.91. The third-order valence-corrected chi connectivity index (χ3v) is 2.56. The van der Waals surface area contributed by atoms with Gasteiger partial charge in [-0.25, -0.2) is 0 Å². The number of rotatable bonds is 7. The Kier molecular flexibility index (Phi) is 7.15. The van der Waals surface area contributed by atoms with E-state index in [2.05, 4.69) is 32.6 Å². The topological polar surface area (TPSA) is 43.7 Å². The molecule has 0 atom stereocenters. The third kappa shape index (κ3) is 4.40. The molecule has 0 aromatic rings. The van der Waals surface area contributed by atoms with E-state index in [1.807, 2.05) is 0 Å². The molecular weight excluding hydrogens is 178 g/mol. The van der Waals surface area contributed by atoms with Crippen LogP contribution in [0.25, 0.3) is 0 Å². The fraction of sp³-hybridized carbons (Fsp3) is 1.00. The minimum absolute atomic E-state index is 0.163. The standard InChI is InChI=1S/C11H25NO2/c1-9(2)11(10(3)4)12(5-7-13)6-8-14/h9-11,13-14H,5-8H2,1-4H3. The second-order valence-corrected chi connectivity index (χ2v) is 4.46. The maximum Gasteiger partial charge on any atom is 0.0558 e. The maximum atomic E-state index is 8.95. The molecule has 0 saturated heterocycles. The molecule has 0 amide bonds. The second-order valence-electron chi connectivity index (χ2n) is 4.46. The van der Waals surface area contributed by atoms with Crippen LogP contribution in [0.15, 0.2) is 0 Å². The Balaban J connectivity index is 4.37. The fourth-order valence-electron chi connectivity index (χ4n) is 2.28. The van der Waals surface area contributed by atoms with Crippen LogP contribution in [0.4, 0.5) is 0 Å². The van der Waals surface area contributed by atoms with Gasteiger partial charge in [0.05, 0.1) is 13.2 Å². The lowest BCUT2D eigenvalue weighted by molar-refractivity contribution is 0.0734. The summed E-state index contributed by atoms with van der Waals surface area (Å²) in [5.41, 5.74) is 0. The van der Waals surface area contributed by atoms with Gasteiger partial charge in [-0.15, -0.1) is 0 Å². The maximum absolute atomic E-state index is 8.95. The van der Waals surface area contributed by atoms with Gasteiger partial charge in [-0.3, -0.25) is 4.90 Å². The largest absolute Gasteiger partial charge is 0.395 e. The lowest BCUT2D eigenvalue weighted by Crippen LogP contribution is -2.45. The molecule has 0 unspecified atom stereocenters. The second kappa shape index (κ2) is 7.21. The van der Waals surface area contributed by atoms with E-state index in [-0.39, 0.29) is 13.2 Å². The predicted octanol–water partition coefficient (Wildman–Crippen LogP) is 0.954. The van der Waals surface area contributed by atoms with Gasteiger partial charge in [0.25, 0.3) is 0 Å². The van der Waals surface area contributed by atoms with Crippen molar-refractivity contribution in [2.24, 2.45) is 11.8 Å². The Morgan fingerprint density at radius 2 is 1.21 bits per heavy atom. The number of aliphatic hydroxyl groups is 2. The van der Waals surface area contributed by atoms with Crippen molar-refractivity contribution in [2.45, 2.75) is 33.7 Å². The Hall–Kier alpha value is -0.120. The molecule has 14 heavy (non-hydrogen) atoms. The zero-order chi connectivity index (χ0) is 11.1. The molecule has 0 aliphatic carbocycles. The van der Waals surface area contributed by atoms with Crippen molar-refractivity contribution >= 4 is 0 Å². The lowest BCUT2D eigenvalue weighted by Gasteiger charge is -2.36. The van der Waals surface area contributed by atoms with Crippen molar-refractivity contribution in [1.29, 1.82) is 0 Å². The van der Waals surface area contributed by atoms with Gasteiger partial charge >= 0.3 is 0 Å². The summed E-state index contributed by atoms with van der Waals surface area (Å²) in [7, 11) is 0. The summed E-state index contributed by atoms with van der Waals surface area (Å²) >= 11 is 0. The van der Waals surface area contributed by atoms with Crippen LogP contribution in [0, 0.1) is 11.8 Å². The SMILES string of the molecule is CC(C)C(C(C)C)N(CCO)CCO. The van der Waals surface area contributed by atoms with Crippen molar-refractivity contribution in [1.82, 2.24) is 4.90 Å². The number of hydrogen-bond acceptors (Lipinski definition) is 3. The molecule has 0 bridgehead atoms. The Bertz CT molecular complexity index is 123. The smallest absolute Gasteiger partial charge is 0.0558 e. The number of aliphatic hydroxyl groups excluding tert-OH is 2. The minimum Gasteiger partial charge on any atom is -0.395 e. The van der Waals surface area contributed by atoms with E-state index >= 15 is 0 Å². The molecule has 0 rings (SSSR count). The van der Waals surface area contributed by atoms with Gasteiger partial charge in [0.15, 0.2) is 0 Å². The van der Waals surface area contributed by atoms with Gasteiger partial charge < -0.3 is 10.2 Å². The molecule has 0 aromatic heterocycles. The van der Waals surface area contributed by atoms with Crippen molar-refractivity contribution in [3.8, 4) is 0 Å². The van der Waals surface area contributed by atoms with Gasteiger partial charge in [-0.1, -0.05) is 27.7 Å². The Morgan fingerprint density at radius 1 is 0.857 bits per heavy atom. The highest BCUT2D eigenvalue weighted by molar-refractivity contribution is 4.77. The van der Waals surface area contributed by atoms with E-state index in [4.69, 9.17) is 10.2 Å². The first-order chi connectivity index (χ1) is 6.54. The van der Waals surface area contributed by atoms with Gasteiger partial charge in [0.1, 0.15) is 0 Å². The van der Waals surface area contributed by atoms with Crippen molar-refractivity contribution in [3.63, 3.8) is 0 Å². The van der Waals surface area contributed by atoms with Crippen LogP contribution in [0.3, 0.4) is 0 Å². The van der Waals surface area contributed by atoms with E-state index in [0.29, 0.717) is 31.0 Å². The van der Waals surface area contributed by atoms with Crippen LogP contribution >= 0.6 is 0 Å². The Labute approximate surface area is 87.7 Å².